The minimum Gasteiger partial charge on any atom is -0.462 e. The summed E-state index contributed by atoms with van der Waals surface area (Å²) in [7, 11) is 1.63. The van der Waals surface area contributed by atoms with Crippen molar-refractivity contribution < 1.29 is 47.9 Å². The van der Waals surface area contributed by atoms with E-state index in [0.29, 0.717) is 24.7 Å². The molecule has 2 heterocycles. The van der Waals surface area contributed by atoms with E-state index in [4.69, 9.17) is 28.4 Å². The molecule has 0 spiro atoms. The Morgan fingerprint density at radius 3 is 2.39 bits per heavy atom. The van der Waals surface area contributed by atoms with Crippen LogP contribution in [0.3, 0.4) is 0 Å². The van der Waals surface area contributed by atoms with Crippen LogP contribution >= 0.6 is 0 Å². The van der Waals surface area contributed by atoms with Crippen molar-refractivity contribution >= 4 is 17.9 Å². The van der Waals surface area contributed by atoms with Gasteiger partial charge in [-0.05, 0) is 80.6 Å². The number of cyclic esters (lactones) is 1. The van der Waals surface area contributed by atoms with Crippen LogP contribution in [0.2, 0.25) is 0 Å². The van der Waals surface area contributed by atoms with Gasteiger partial charge in [0.2, 0.25) is 0 Å². The SMILES string of the molecule is CO[C@H]1CC(O[C@H]2CC[C@@]3(C)[C@H](CC[C@@H]4[C@@H]3CC[C@]3(C)[C@@H](C5=CC(=O)OC5)[C@@H](OC(C)=O)C[C@]43O)C2)O[C@@H](C)[C@@H]1OC(C)=O. The van der Waals surface area contributed by atoms with Crippen LogP contribution in [0.5, 0.6) is 0 Å². The molecular weight excluding hydrogens is 568 g/mol. The van der Waals surface area contributed by atoms with Crippen LogP contribution in [0.1, 0.15) is 92.4 Å². The molecule has 0 bridgehead atoms. The smallest absolute Gasteiger partial charge is 0.331 e. The molecule has 10 nitrogen and oxygen atoms in total. The Bertz CT molecular complexity index is 1180. The van der Waals surface area contributed by atoms with Gasteiger partial charge in [-0.2, -0.15) is 0 Å². The molecule has 0 aromatic heterocycles. The summed E-state index contributed by atoms with van der Waals surface area (Å²) in [4.78, 5) is 35.8. The summed E-state index contributed by atoms with van der Waals surface area (Å²) in [6.45, 7) is 9.46. The summed E-state index contributed by atoms with van der Waals surface area (Å²) in [6, 6.07) is 0. The van der Waals surface area contributed by atoms with E-state index in [0.717, 1.165) is 50.5 Å². The predicted octanol–water partition coefficient (Wildman–Crippen LogP) is 4.25. The van der Waals surface area contributed by atoms with E-state index in [9.17, 15) is 19.5 Å². The maximum atomic E-state index is 12.7. The number of rotatable bonds is 6. The molecule has 13 atom stereocenters. The van der Waals surface area contributed by atoms with Gasteiger partial charge >= 0.3 is 17.9 Å². The second-order valence-electron chi connectivity index (χ2n) is 14.9. The third-order valence-corrected chi connectivity index (χ3v) is 12.8. The van der Waals surface area contributed by atoms with Crippen LogP contribution in [0.4, 0.5) is 0 Å². The number of methoxy groups -OCH3 is 1. The maximum absolute atomic E-state index is 12.7. The van der Waals surface area contributed by atoms with Crippen molar-refractivity contribution in [2.75, 3.05) is 13.7 Å². The number of hydrogen-bond acceptors (Lipinski definition) is 10. The molecule has 44 heavy (non-hydrogen) atoms. The standard InChI is InChI=1S/C34H50O10/c1-18-31(43-20(3)36)26(39-6)15-29(41-18)44-23-9-11-32(4)22(14-23)7-8-25-24(32)10-12-33(5)30(21-13-28(37)40-17-21)27(42-19(2)35)16-34(25,33)38/h13,18,22-27,29-31,38H,7-12,14-17H2,1-6H3/t18-,22+,23-,24-,25+,26-,27-,29?,30-,31-,32-,33+,34-/m0/s1. The fourth-order valence-corrected chi connectivity index (χ4v) is 10.8. The summed E-state index contributed by atoms with van der Waals surface area (Å²) >= 11 is 0. The predicted molar refractivity (Wildman–Crippen MR) is 157 cm³/mol. The Kier molecular flexibility index (Phi) is 8.46. The molecule has 246 valence electrons. The van der Waals surface area contributed by atoms with Crippen molar-refractivity contribution in [3.63, 3.8) is 0 Å². The third kappa shape index (κ3) is 5.21. The number of carbonyl (C=O) groups excluding carboxylic acids is 3. The lowest BCUT2D eigenvalue weighted by atomic mass is 9.43. The van der Waals surface area contributed by atoms with Gasteiger partial charge in [0.25, 0.3) is 0 Å². The average Bonchev–Trinajstić information content (AvgIpc) is 3.46. The lowest BCUT2D eigenvalue weighted by molar-refractivity contribution is -0.276. The van der Waals surface area contributed by atoms with Crippen molar-refractivity contribution in [2.45, 2.75) is 135 Å². The van der Waals surface area contributed by atoms with Crippen LogP contribution in [0.25, 0.3) is 0 Å². The van der Waals surface area contributed by atoms with Gasteiger partial charge in [-0.1, -0.05) is 13.8 Å². The van der Waals surface area contributed by atoms with Crippen LogP contribution in [-0.4, -0.2) is 79.1 Å². The molecule has 4 saturated carbocycles. The average molecular weight is 619 g/mol. The summed E-state index contributed by atoms with van der Waals surface area (Å²) in [5.74, 6) is -0.419. The molecule has 2 aliphatic heterocycles. The number of esters is 3. The van der Waals surface area contributed by atoms with E-state index >= 15 is 0 Å². The van der Waals surface area contributed by atoms with Crippen molar-refractivity contribution in [2.24, 2.45) is 34.5 Å². The first-order chi connectivity index (χ1) is 20.8. The van der Waals surface area contributed by atoms with Gasteiger partial charge in [-0.15, -0.1) is 0 Å². The normalized spacial score (nSPS) is 48.3. The van der Waals surface area contributed by atoms with Crippen LogP contribution in [-0.2, 0) is 42.8 Å². The topological polar surface area (TPSA) is 127 Å². The molecule has 5 fully saturated rings. The lowest BCUT2D eigenvalue weighted by Crippen LogP contribution is -2.62. The second-order valence-corrected chi connectivity index (χ2v) is 14.9. The number of aliphatic hydroxyl groups is 1. The first-order valence-corrected chi connectivity index (χ1v) is 16.6. The van der Waals surface area contributed by atoms with Gasteiger partial charge < -0.3 is 33.5 Å². The molecule has 1 saturated heterocycles. The Morgan fingerprint density at radius 2 is 1.73 bits per heavy atom. The zero-order valence-corrected chi connectivity index (χ0v) is 27.0. The summed E-state index contributed by atoms with van der Waals surface area (Å²) in [5, 5.41) is 12.7. The highest BCUT2D eigenvalue weighted by Gasteiger charge is 2.71. The van der Waals surface area contributed by atoms with Crippen LogP contribution in [0.15, 0.2) is 11.6 Å². The molecule has 10 heteroatoms. The van der Waals surface area contributed by atoms with Gasteiger partial charge in [0.1, 0.15) is 18.8 Å². The molecule has 6 aliphatic rings. The molecule has 0 aromatic rings. The largest absolute Gasteiger partial charge is 0.462 e. The van der Waals surface area contributed by atoms with E-state index in [2.05, 4.69) is 13.8 Å². The zero-order chi connectivity index (χ0) is 31.6. The van der Waals surface area contributed by atoms with Crippen molar-refractivity contribution in [1.29, 1.82) is 0 Å². The van der Waals surface area contributed by atoms with Gasteiger partial charge in [0, 0.05) is 51.2 Å². The van der Waals surface area contributed by atoms with Crippen molar-refractivity contribution in [3.05, 3.63) is 11.6 Å². The molecular formula is C34H50O10. The van der Waals surface area contributed by atoms with Gasteiger partial charge in [-0.25, -0.2) is 4.79 Å². The number of carbonyl (C=O) groups is 3. The fraction of sp³-hybridized carbons (Fsp3) is 0.853. The van der Waals surface area contributed by atoms with Gasteiger partial charge in [0.15, 0.2) is 12.4 Å². The monoisotopic (exact) mass is 618 g/mol. The van der Waals surface area contributed by atoms with Crippen molar-refractivity contribution in [3.8, 4) is 0 Å². The van der Waals surface area contributed by atoms with Crippen LogP contribution < -0.4 is 0 Å². The molecule has 0 amide bonds. The van der Waals surface area contributed by atoms with E-state index in [1.165, 1.54) is 13.8 Å². The molecule has 4 aliphatic carbocycles. The maximum Gasteiger partial charge on any atom is 0.331 e. The Labute approximate surface area is 260 Å². The quantitative estimate of drug-likeness (QED) is 0.262. The first kappa shape index (κ1) is 32.0. The molecule has 6 rings (SSSR count). The Hall–Kier alpha value is -2.01. The fourth-order valence-electron chi connectivity index (χ4n) is 10.8. The molecule has 0 radical (unpaired) electrons. The van der Waals surface area contributed by atoms with E-state index in [-0.39, 0.29) is 60.1 Å². The molecule has 0 aromatic carbocycles. The Balaban J connectivity index is 1.16. The Morgan fingerprint density at radius 1 is 0.977 bits per heavy atom. The zero-order valence-electron chi connectivity index (χ0n) is 27.0. The van der Waals surface area contributed by atoms with Gasteiger partial charge in [-0.3, -0.25) is 9.59 Å². The number of fused-ring (bicyclic) bond motifs is 5. The highest BCUT2D eigenvalue weighted by molar-refractivity contribution is 5.85. The summed E-state index contributed by atoms with van der Waals surface area (Å²) in [6.07, 6.45) is 7.09. The third-order valence-electron chi connectivity index (χ3n) is 12.8. The summed E-state index contributed by atoms with van der Waals surface area (Å²) < 4.78 is 35.0. The second kappa shape index (κ2) is 11.7. The van der Waals surface area contributed by atoms with E-state index in [1.54, 1.807) is 13.2 Å². The van der Waals surface area contributed by atoms with Gasteiger partial charge in [0.05, 0.1) is 17.8 Å². The summed E-state index contributed by atoms with van der Waals surface area (Å²) in [5.41, 5.74) is -0.621. The minimum absolute atomic E-state index is 0.0662. The highest BCUT2D eigenvalue weighted by atomic mass is 16.7. The number of hydrogen-bond donors (Lipinski definition) is 1. The highest BCUT2D eigenvalue weighted by Crippen LogP contribution is 2.70. The molecule has 1 N–H and O–H groups in total. The van der Waals surface area contributed by atoms with Crippen LogP contribution in [0, 0.1) is 34.5 Å². The van der Waals surface area contributed by atoms with Crippen molar-refractivity contribution in [1.82, 2.24) is 0 Å². The van der Waals surface area contributed by atoms with E-state index in [1.807, 2.05) is 6.92 Å². The minimum atomic E-state index is -1.01. The number of ether oxygens (including phenoxy) is 6. The first-order valence-electron chi connectivity index (χ1n) is 16.6. The van der Waals surface area contributed by atoms with E-state index < -0.39 is 29.5 Å². The lowest BCUT2D eigenvalue weighted by Gasteiger charge is -2.63. The molecule has 1 unspecified atom stereocenters.